The number of aromatic amines is 1. The Bertz CT molecular complexity index is 865. The number of aromatic nitrogens is 1. The van der Waals surface area contributed by atoms with E-state index in [1.807, 2.05) is 24.3 Å². The van der Waals surface area contributed by atoms with E-state index in [0.29, 0.717) is 34.7 Å². The van der Waals surface area contributed by atoms with Crippen LogP contribution in [0, 0.1) is 6.92 Å². The fourth-order valence-electron chi connectivity index (χ4n) is 4.02. The first kappa shape index (κ1) is 18.3. The largest absolute Gasteiger partial charge is 0.458 e. The van der Waals surface area contributed by atoms with Crippen LogP contribution in [0.3, 0.4) is 0 Å². The molecule has 1 aromatic heterocycles. The Morgan fingerprint density at radius 3 is 2.78 bits per heavy atom. The molecule has 1 aliphatic carbocycles. The highest BCUT2D eigenvalue weighted by Gasteiger charge is 2.32. The topological polar surface area (TPSA) is 68.4 Å². The van der Waals surface area contributed by atoms with E-state index in [9.17, 15) is 9.59 Å². The van der Waals surface area contributed by atoms with Crippen LogP contribution in [0.15, 0.2) is 24.3 Å². The van der Waals surface area contributed by atoms with Crippen molar-refractivity contribution in [2.24, 2.45) is 0 Å². The molecule has 0 radical (unpaired) electrons. The Morgan fingerprint density at radius 2 is 2.07 bits per heavy atom. The van der Waals surface area contributed by atoms with Gasteiger partial charge in [0.05, 0.1) is 6.10 Å². The van der Waals surface area contributed by atoms with E-state index >= 15 is 0 Å². The summed E-state index contributed by atoms with van der Waals surface area (Å²) < 4.78 is 10.9. The van der Waals surface area contributed by atoms with E-state index in [2.05, 4.69) is 4.98 Å². The molecule has 2 atom stereocenters. The molecule has 0 saturated carbocycles. The Labute approximate surface area is 163 Å². The van der Waals surface area contributed by atoms with Gasteiger partial charge in [-0.1, -0.05) is 23.7 Å². The summed E-state index contributed by atoms with van der Waals surface area (Å²) in [4.78, 5) is 28.4. The zero-order valence-corrected chi connectivity index (χ0v) is 16.0. The monoisotopic (exact) mass is 387 g/mol. The molecule has 1 N–H and O–H groups in total. The minimum atomic E-state index is -0.423. The molecule has 142 valence electrons. The summed E-state index contributed by atoms with van der Waals surface area (Å²) in [6.45, 7) is 2.78. The average Bonchev–Trinajstić information content (AvgIpc) is 3.28. The SMILES string of the molecule is Cc1c(C(=O)OC[C@H]2CCCO2)[nH]c2c1C(=O)C[C@@H](c1ccc(Cl)cc1)C2. The number of hydrogen-bond acceptors (Lipinski definition) is 4. The summed E-state index contributed by atoms with van der Waals surface area (Å²) in [5.74, 6) is -0.285. The molecule has 1 aliphatic heterocycles. The van der Waals surface area contributed by atoms with Gasteiger partial charge in [-0.15, -0.1) is 0 Å². The fraction of sp³-hybridized carbons (Fsp3) is 0.429. The lowest BCUT2D eigenvalue weighted by Gasteiger charge is -2.22. The van der Waals surface area contributed by atoms with Crippen LogP contribution in [0.1, 0.15) is 62.8 Å². The van der Waals surface area contributed by atoms with Gasteiger partial charge in [0.1, 0.15) is 12.3 Å². The van der Waals surface area contributed by atoms with Gasteiger partial charge < -0.3 is 14.5 Å². The van der Waals surface area contributed by atoms with Crippen LogP contribution in [-0.4, -0.2) is 36.1 Å². The fourth-order valence-corrected chi connectivity index (χ4v) is 4.15. The summed E-state index contributed by atoms with van der Waals surface area (Å²) in [7, 11) is 0. The number of ketones is 1. The molecular formula is C21H22ClNO4. The third-order valence-electron chi connectivity index (χ3n) is 5.46. The number of rotatable bonds is 4. The third-order valence-corrected chi connectivity index (χ3v) is 5.71. The van der Waals surface area contributed by atoms with E-state index in [1.54, 1.807) is 6.92 Å². The summed E-state index contributed by atoms with van der Waals surface area (Å²) in [6.07, 6.45) is 3.00. The molecule has 1 fully saturated rings. The molecule has 2 aliphatic rings. The van der Waals surface area contributed by atoms with Crippen LogP contribution in [0.25, 0.3) is 0 Å². The number of hydrogen-bond donors (Lipinski definition) is 1. The van der Waals surface area contributed by atoms with Gasteiger partial charge in [0.25, 0.3) is 0 Å². The third kappa shape index (κ3) is 3.66. The first-order chi connectivity index (χ1) is 13.0. The lowest BCUT2D eigenvalue weighted by molar-refractivity contribution is 0.0156. The van der Waals surface area contributed by atoms with Crippen molar-refractivity contribution in [2.75, 3.05) is 13.2 Å². The molecule has 1 aromatic carbocycles. The molecule has 2 aromatic rings. The number of halogens is 1. The first-order valence-electron chi connectivity index (χ1n) is 9.31. The number of ether oxygens (including phenoxy) is 2. The van der Waals surface area contributed by atoms with Crippen molar-refractivity contribution in [1.29, 1.82) is 0 Å². The number of H-pyrrole nitrogens is 1. The molecule has 27 heavy (non-hydrogen) atoms. The Hall–Kier alpha value is -2.11. The molecule has 0 amide bonds. The minimum Gasteiger partial charge on any atom is -0.458 e. The number of carbonyl (C=O) groups is 2. The highest BCUT2D eigenvalue weighted by molar-refractivity contribution is 6.30. The molecule has 6 heteroatoms. The van der Waals surface area contributed by atoms with Crippen LogP contribution >= 0.6 is 11.6 Å². The average molecular weight is 388 g/mol. The molecular weight excluding hydrogens is 366 g/mol. The van der Waals surface area contributed by atoms with Crippen molar-refractivity contribution in [3.8, 4) is 0 Å². The van der Waals surface area contributed by atoms with E-state index in [1.165, 1.54) is 0 Å². The maximum atomic E-state index is 12.7. The van der Waals surface area contributed by atoms with Gasteiger partial charge in [0.15, 0.2) is 5.78 Å². The normalized spacial score (nSPS) is 21.9. The zero-order valence-electron chi connectivity index (χ0n) is 15.2. The maximum absolute atomic E-state index is 12.7. The van der Waals surface area contributed by atoms with Crippen LogP contribution < -0.4 is 0 Å². The van der Waals surface area contributed by atoms with Gasteiger partial charge in [0, 0.05) is 29.3 Å². The standard InChI is InChI=1S/C21H22ClNO4/c1-12-19-17(23-20(12)21(25)27-11-16-3-2-8-26-16)9-14(10-18(19)24)13-4-6-15(22)7-5-13/h4-7,14,16,23H,2-3,8-11H2,1H3/t14-,16+/m0/s1. The van der Waals surface area contributed by atoms with Crippen LogP contribution in [-0.2, 0) is 15.9 Å². The van der Waals surface area contributed by atoms with E-state index in [0.717, 1.165) is 30.7 Å². The molecule has 2 heterocycles. The van der Waals surface area contributed by atoms with Crippen molar-refractivity contribution in [3.05, 3.63) is 57.4 Å². The number of nitrogens with one attached hydrogen (secondary N) is 1. The second kappa shape index (κ2) is 7.49. The van der Waals surface area contributed by atoms with Crippen molar-refractivity contribution in [1.82, 2.24) is 4.98 Å². The van der Waals surface area contributed by atoms with Gasteiger partial charge >= 0.3 is 5.97 Å². The van der Waals surface area contributed by atoms with Crippen molar-refractivity contribution >= 4 is 23.4 Å². The van der Waals surface area contributed by atoms with Crippen LogP contribution in [0.2, 0.25) is 5.02 Å². The van der Waals surface area contributed by atoms with E-state index < -0.39 is 5.97 Å². The predicted molar refractivity (Wildman–Crippen MR) is 102 cm³/mol. The quantitative estimate of drug-likeness (QED) is 0.797. The van der Waals surface area contributed by atoms with E-state index in [4.69, 9.17) is 21.1 Å². The summed E-state index contributed by atoms with van der Waals surface area (Å²) >= 11 is 5.96. The lowest BCUT2D eigenvalue weighted by Crippen LogP contribution is -2.18. The predicted octanol–water partition coefficient (Wildman–Crippen LogP) is 4.23. The van der Waals surface area contributed by atoms with Gasteiger partial charge in [-0.3, -0.25) is 4.79 Å². The lowest BCUT2D eigenvalue weighted by atomic mass is 9.81. The minimum absolute atomic E-state index is 0.0187. The van der Waals surface area contributed by atoms with E-state index in [-0.39, 0.29) is 24.4 Å². The van der Waals surface area contributed by atoms with Crippen LogP contribution in [0.5, 0.6) is 0 Å². The summed E-state index contributed by atoms with van der Waals surface area (Å²) in [5.41, 5.74) is 3.59. The Kier molecular flexibility index (Phi) is 5.06. The number of fused-ring (bicyclic) bond motifs is 1. The van der Waals surface area contributed by atoms with Crippen molar-refractivity contribution in [2.45, 2.75) is 44.6 Å². The number of Topliss-reactive ketones (excluding diaryl/α,β-unsaturated/α-hetero) is 1. The Morgan fingerprint density at radius 1 is 1.30 bits per heavy atom. The van der Waals surface area contributed by atoms with Crippen molar-refractivity contribution in [3.63, 3.8) is 0 Å². The van der Waals surface area contributed by atoms with Gasteiger partial charge in [0.2, 0.25) is 0 Å². The number of esters is 1. The smallest absolute Gasteiger partial charge is 0.355 e. The number of carbonyl (C=O) groups excluding carboxylic acids is 2. The highest BCUT2D eigenvalue weighted by atomic mass is 35.5. The molecule has 0 unspecified atom stereocenters. The van der Waals surface area contributed by atoms with Gasteiger partial charge in [-0.05, 0) is 55.4 Å². The molecule has 5 nitrogen and oxygen atoms in total. The first-order valence-corrected chi connectivity index (χ1v) is 9.69. The summed E-state index contributed by atoms with van der Waals surface area (Å²) in [6, 6.07) is 7.59. The molecule has 1 saturated heterocycles. The van der Waals surface area contributed by atoms with Gasteiger partial charge in [-0.25, -0.2) is 4.79 Å². The maximum Gasteiger partial charge on any atom is 0.355 e. The Balaban J connectivity index is 1.52. The zero-order chi connectivity index (χ0) is 19.0. The van der Waals surface area contributed by atoms with Gasteiger partial charge in [-0.2, -0.15) is 0 Å². The molecule has 0 bridgehead atoms. The van der Waals surface area contributed by atoms with Crippen LogP contribution in [0.4, 0.5) is 0 Å². The van der Waals surface area contributed by atoms with Crippen molar-refractivity contribution < 1.29 is 19.1 Å². The second-order valence-electron chi connectivity index (χ2n) is 7.29. The second-order valence-corrected chi connectivity index (χ2v) is 7.73. The molecule has 0 spiro atoms. The highest BCUT2D eigenvalue weighted by Crippen LogP contribution is 2.35. The summed E-state index contributed by atoms with van der Waals surface area (Å²) in [5, 5.41) is 0.675. The number of benzene rings is 1. The molecule has 4 rings (SSSR count).